The van der Waals surface area contributed by atoms with E-state index in [1.54, 1.807) is 38.1 Å². The summed E-state index contributed by atoms with van der Waals surface area (Å²) in [6.07, 6.45) is 7.17. The molecule has 16 heteroatoms. The number of esters is 3. The molecule has 0 bridgehead atoms. The van der Waals surface area contributed by atoms with Crippen molar-refractivity contribution < 1.29 is 58.0 Å². The molecule has 16 nitrogen and oxygen atoms in total. The van der Waals surface area contributed by atoms with Crippen LogP contribution in [-0.4, -0.2) is 67.3 Å². The number of hydrogen-bond acceptors (Lipinski definition) is 12. The first kappa shape index (κ1) is 50.1. The average Bonchev–Trinajstić information content (AvgIpc) is 3.65. The zero-order chi connectivity index (χ0) is 47.4. The Hall–Kier alpha value is -5.93. The van der Waals surface area contributed by atoms with E-state index in [1.165, 1.54) is 4.57 Å². The van der Waals surface area contributed by atoms with E-state index < -0.39 is 71.2 Å². The molecule has 0 spiro atoms. The van der Waals surface area contributed by atoms with Crippen LogP contribution in [-0.2, 0) is 68.2 Å². The number of rotatable bonds is 26. The third-order valence-electron chi connectivity index (χ3n) is 12.8. The molecule has 0 aliphatic carbocycles. The van der Waals surface area contributed by atoms with Gasteiger partial charge in [0.1, 0.15) is 24.2 Å². The molecule has 4 unspecified atom stereocenters. The number of hydrogen-bond donors (Lipinski definition) is 3. The average molecular weight is 902 g/mol. The monoisotopic (exact) mass is 901 g/mol. The van der Waals surface area contributed by atoms with E-state index in [9.17, 15) is 48.6 Å². The van der Waals surface area contributed by atoms with Gasteiger partial charge in [0.15, 0.2) is 0 Å². The highest BCUT2D eigenvalue weighted by atomic mass is 16.6. The van der Waals surface area contributed by atoms with Gasteiger partial charge < -0.3 is 34.3 Å². The van der Waals surface area contributed by atoms with Crippen LogP contribution in [0.15, 0.2) is 29.1 Å². The van der Waals surface area contributed by atoms with E-state index >= 15 is 0 Å². The van der Waals surface area contributed by atoms with Gasteiger partial charge in [-0.05, 0) is 61.9 Å². The number of unbranched alkanes of at least 4 members (excludes halogenated alkanes) is 6. The largest absolute Gasteiger partial charge is 0.481 e. The van der Waals surface area contributed by atoms with Gasteiger partial charge in [0.2, 0.25) is 11.5 Å². The Kier molecular flexibility index (Phi) is 17.6. The maximum Gasteiger partial charge on any atom is 0.355 e. The van der Waals surface area contributed by atoms with Crippen molar-refractivity contribution in [1.29, 1.82) is 0 Å². The van der Waals surface area contributed by atoms with E-state index in [2.05, 4.69) is 12.2 Å². The van der Waals surface area contributed by atoms with E-state index in [0.29, 0.717) is 60.8 Å². The molecule has 0 saturated heterocycles. The van der Waals surface area contributed by atoms with Crippen molar-refractivity contribution in [1.82, 2.24) is 14.9 Å². The second-order valence-electron chi connectivity index (χ2n) is 17.1. The number of carbonyl (C=O) groups is 7. The minimum atomic E-state index is -1.99. The van der Waals surface area contributed by atoms with Gasteiger partial charge in [-0.2, -0.15) is 0 Å². The van der Waals surface area contributed by atoms with Crippen LogP contribution in [0.2, 0.25) is 0 Å². The Balaban J connectivity index is 1.34. The summed E-state index contributed by atoms with van der Waals surface area (Å²) in [6, 6.07) is 5.51. The molecule has 3 aromatic rings. The van der Waals surface area contributed by atoms with Crippen molar-refractivity contribution in [2.24, 2.45) is 11.8 Å². The first-order chi connectivity index (χ1) is 31.1. The summed E-state index contributed by atoms with van der Waals surface area (Å²) in [5.74, 6) is -6.95. The number of aryl methyl sites for hydroxylation is 1. The lowest BCUT2D eigenvalue weighted by Crippen LogP contribution is -2.47. The number of Topliss-reactive ketones (excluding diaryl/α,β-unsaturated/α-hetero) is 1. The molecule has 352 valence electrons. The zero-order valence-electron chi connectivity index (χ0n) is 38.3. The summed E-state index contributed by atoms with van der Waals surface area (Å²) in [4.78, 5) is 109. The van der Waals surface area contributed by atoms with Crippen LogP contribution in [0.25, 0.3) is 22.3 Å². The molecule has 5 rings (SSSR count). The van der Waals surface area contributed by atoms with Crippen molar-refractivity contribution in [2.75, 3.05) is 0 Å². The van der Waals surface area contributed by atoms with Crippen molar-refractivity contribution in [2.45, 2.75) is 169 Å². The maximum atomic E-state index is 14.3. The van der Waals surface area contributed by atoms with Crippen molar-refractivity contribution >= 4 is 52.4 Å². The van der Waals surface area contributed by atoms with Crippen LogP contribution in [0.5, 0.6) is 5.75 Å². The Morgan fingerprint density at radius 3 is 2.14 bits per heavy atom. The molecule has 0 radical (unpaired) electrons. The molecule has 1 amide bonds. The minimum Gasteiger partial charge on any atom is -0.481 e. The van der Waals surface area contributed by atoms with Crippen LogP contribution in [0.3, 0.4) is 0 Å². The highest BCUT2D eigenvalue weighted by Crippen LogP contribution is 2.43. The Morgan fingerprint density at radius 2 is 1.51 bits per heavy atom. The molecule has 2 aliphatic heterocycles. The number of amides is 1. The predicted molar refractivity (Wildman–Crippen MR) is 239 cm³/mol. The number of nitrogens with zero attached hydrogens (tertiary/aromatic N) is 2. The van der Waals surface area contributed by atoms with Crippen LogP contribution in [0.4, 0.5) is 0 Å². The molecule has 1 aromatic carbocycles. The van der Waals surface area contributed by atoms with Gasteiger partial charge in [-0.3, -0.25) is 28.8 Å². The normalized spacial score (nSPS) is 16.4. The van der Waals surface area contributed by atoms with Crippen LogP contribution in [0.1, 0.15) is 160 Å². The van der Waals surface area contributed by atoms with Gasteiger partial charge in [-0.1, -0.05) is 86.0 Å². The molecule has 4 atom stereocenters. The standard InChI is InChI=1S/C49H63N3O13/c1-6-11-13-15-17-32(46(58)59)31(9-4)40(53)21-23-43(56)65-49(10-5)36-26-39-44-34(27-52(39)45(57)35(36)28-63-48(49)62)30(8-3)33-25-29(19-20-37(33)51-44)64-42(55)24-22-41(54)50-38(47(60)61)18-16-14-12-7-2/h19-20,25-26,31-32,38H,6-18,21-24,27-28H2,1-5H3,(H,50,54)(H,58,59)(H,60,61). The lowest BCUT2D eigenvalue weighted by Gasteiger charge is -2.35. The molecule has 65 heavy (non-hydrogen) atoms. The summed E-state index contributed by atoms with van der Waals surface area (Å²) in [5.41, 5.74) is 0.873. The van der Waals surface area contributed by atoms with Crippen LogP contribution in [0, 0.1) is 11.8 Å². The van der Waals surface area contributed by atoms with E-state index in [0.717, 1.165) is 49.7 Å². The number of carboxylic acid groups (broad SMARTS) is 2. The summed E-state index contributed by atoms with van der Waals surface area (Å²) in [6.45, 7) is 9.21. The fourth-order valence-electron chi connectivity index (χ4n) is 9.14. The number of aromatic nitrogens is 2. The number of carbonyl (C=O) groups excluding carboxylic acids is 5. The number of carboxylic acids is 2. The van der Waals surface area contributed by atoms with Crippen molar-refractivity contribution in [3.8, 4) is 17.1 Å². The van der Waals surface area contributed by atoms with Crippen LogP contribution < -0.4 is 15.6 Å². The number of cyclic esters (lactones) is 1. The molecule has 2 aromatic heterocycles. The first-order valence-corrected chi connectivity index (χ1v) is 23.2. The predicted octanol–water partition coefficient (Wildman–Crippen LogP) is 7.47. The maximum absolute atomic E-state index is 14.3. The molecule has 2 aliphatic rings. The summed E-state index contributed by atoms with van der Waals surface area (Å²) in [5, 5.41) is 22.7. The number of benzene rings is 1. The van der Waals surface area contributed by atoms with Gasteiger partial charge in [0.05, 0.1) is 47.8 Å². The van der Waals surface area contributed by atoms with E-state index in [4.69, 9.17) is 19.2 Å². The second-order valence-corrected chi connectivity index (χ2v) is 17.1. The zero-order valence-corrected chi connectivity index (χ0v) is 38.3. The van der Waals surface area contributed by atoms with Gasteiger partial charge in [-0.25, -0.2) is 14.6 Å². The number of ketones is 1. The van der Waals surface area contributed by atoms with E-state index in [-0.39, 0.29) is 61.5 Å². The smallest absolute Gasteiger partial charge is 0.355 e. The third-order valence-corrected chi connectivity index (χ3v) is 12.8. The number of nitrogens with one attached hydrogen (secondary N) is 1. The van der Waals surface area contributed by atoms with Gasteiger partial charge >= 0.3 is 29.8 Å². The molecule has 0 saturated carbocycles. The molecular formula is C49H63N3O13. The SMILES string of the molecule is CCCCCCC(NC(=O)CCC(=O)Oc1ccc2nc3c(c(CC)c2c1)Cn1c-3cc2c(c1=O)COC(=O)C2(CC)OC(=O)CCC(=O)C(CC)C(CCCCCC)C(=O)O)C(=O)O. The van der Waals surface area contributed by atoms with Gasteiger partial charge in [0, 0.05) is 35.3 Å². The van der Waals surface area contributed by atoms with E-state index in [1.807, 2.05) is 13.8 Å². The molecular weight excluding hydrogens is 839 g/mol. The van der Waals surface area contributed by atoms with Crippen molar-refractivity contribution in [3.63, 3.8) is 0 Å². The highest BCUT2D eigenvalue weighted by molar-refractivity contribution is 5.93. The lowest BCUT2D eigenvalue weighted by molar-refractivity contribution is -0.189. The third kappa shape index (κ3) is 11.5. The fourth-order valence-corrected chi connectivity index (χ4v) is 9.14. The first-order valence-electron chi connectivity index (χ1n) is 23.2. The number of pyridine rings is 2. The fraction of sp³-hybridized carbons (Fsp3) is 0.571. The topological polar surface area (TPSA) is 235 Å². The minimum absolute atomic E-state index is 0.0792. The molecule has 4 heterocycles. The Bertz CT molecular complexity index is 2350. The lowest BCUT2D eigenvalue weighted by atomic mass is 9.81. The highest BCUT2D eigenvalue weighted by Gasteiger charge is 2.50. The van der Waals surface area contributed by atoms with Gasteiger partial charge in [-0.15, -0.1) is 0 Å². The van der Waals surface area contributed by atoms with Crippen LogP contribution >= 0.6 is 0 Å². The summed E-state index contributed by atoms with van der Waals surface area (Å²) < 4.78 is 18.6. The van der Waals surface area contributed by atoms with Crippen molar-refractivity contribution in [3.05, 3.63) is 56.9 Å². The number of fused-ring (bicyclic) bond motifs is 5. The van der Waals surface area contributed by atoms with Gasteiger partial charge in [0.25, 0.3) is 5.56 Å². The second kappa shape index (κ2) is 22.8. The summed E-state index contributed by atoms with van der Waals surface area (Å²) in [7, 11) is 0. The quantitative estimate of drug-likeness (QED) is 0.0315. The summed E-state index contributed by atoms with van der Waals surface area (Å²) >= 11 is 0. The number of ether oxygens (including phenoxy) is 3. The number of aliphatic carboxylic acids is 2. The Morgan fingerprint density at radius 1 is 0.815 bits per heavy atom. The molecule has 3 N–H and O–H groups in total. The Labute approximate surface area is 378 Å². The molecule has 0 fully saturated rings.